The number of amides is 2. The first-order valence-electron chi connectivity index (χ1n) is 9.91. The SMILES string of the molecule is Cc1nc2ccc(C(=O)N3CCCC(C(=O)Nc4ccccc4)C3)cc2nc1C. The molecular formula is C23H24N4O2. The summed E-state index contributed by atoms with van der Waals surface area (Å²) in [6.45, 7) is 4.92. The average molecular weight is 388 g/mol. The van der Waals surface area contributed by atoms with Crippen LogP contribution in [0, 0.1) is 19.8 Å². The minimum atomic E-state index is -0.210. The fourth-order valence-corrected chi connectivity index (χ4v) is 3.69. The maximum Gasteiger partial charge on any atom is 0.253 e. The van der Waals surface area contributed by atoms with Gasteiger partial charge >= 0.3 is 0 Å². The number of aryl methyl sites for hydroxylation is 2. The molecule has 1 aliphatic rings. The van der Waals surface area contributed by atoms with Gasteiger partial charge in [0.1, 0.15) is 0 Å². The Kier molecular flexibility index (Phi) is 5.25. The van der Waals surface area contributed by atoms with Gasteiger partial charge in [-0.25, -0.2) is 9.97 Å². The Morgan fingerprint density at radius 1 is 1.00 bits per heavy atom. The molecule has 1 aromatic heterocycles. The van der Waals surface area contributed by atoms with Gasteiger partial charge < -0.3 is 10.2 Å². The number of rotatable bonds is 3. The predicted octanol–water partition coefficient (Wildman–Crippen LogP) is 3.74. The number of fused-ring (bicyclic) bond motifs is 1. The molecule has 1 N–H and O–H groups in total. The first-order valence-corrected chi connectivity index (χ1v) is 9.91. The molecule has 148 valence electrons. The maximum absolute atomic E-state index is 13.1. The van der Waals surface area contributed by atoms with Crippen molar-refractivity contribution in [2.45, 2.75) is 26.7 Å². The van der Waals surface area contributed by atoms with E-state index in [-0.39, 0.29) is 17.7 Å². The lowest BCUT2D eigenvalue weighted by Crippen LogP contribution is -2.43. The fraction of sp³-hybridized carbons (Fsp3) is 0.304. The third-order valence-corrected chi connectivity index (χ3v) is 5.44. The van der Waals surface area contributed by atoms with Crippen molar-refractivity contribution in [2.24, 2.45) is 5.92 Å². The topological polar surface area (TPSA) is 75.2 Å². The number of hydrogen-bond donors (Lipinski definition) is 1. The van der Waals surface area contributed by atoms with Crippen LogP contribution in [0.15, 0.2) is 48.5 Å². The van der Waals surface area contributed by atoms with Gasteiger partial charge in [0.15, 0.2) is 0 Å². The Hall–Kier alpha value is -3.28. The number of nitrogens with zero attached hydrogens (tertiary/aromatic N) is 3. The second kappa shape index (κ2) is 7.99. The summed E-state index contributed by atoms with van der Waals surface area (Å²) < 4.78 is 0. The maximum atomic E-state index is 13.1. The molecule has 6 nitrogen and oxygen atoms in total. The van der Waals surface area contributed by atoms with E-state index in [4.69, 9.17) is 0 Å². The number of anilines is 1. The summed E-state index contributed by atoms with van der Waals surface area (Å²) >= 11 is 0. The Balaban J connectivity index is 1.49. The van der Waals surface area contributed by atoms with Crippen LogP contribution in [0.1, 0.15) is 34.6 Å². The van der Waals surface area contributed by atoms with Crippen LogP contribution in [0.5, 0.6) is 0 Å². The highest BCUT2D eigenvalue weighted by molar-refractivity contribution is 5.98. The average Bonchev–Trinajstić information content (AvgIpc) is 2.74. The molecule has 6 heteroatoms. The summed E-state index contributed by atoms with van der Waals surface area (Å²) in [6, 6.07) is 14.8. The molecule has 1 aliphatic heterocycles. The zero-order chi connectivity index (χ0) is 20.4. The summed E-state index contributed by atoms with van der Waals surface area (Å²) in [5, 5.41) is 2.95. The number of likely N-dealkylation sites (tertiary alicyclic amines) is 1. The molecule has 0 spiro atoms. The van der Waals surface area contributed by atoms with Gasteiger partial charge in [-0.2, -0.15) is 0 Å². The number of carbonyl (C=O) groups excluding carboxylic acids is 2. The van der Waals surface area contributed by atoms with Crippen LogP contribution in [-0.4, -0.2) is 39.8 Å². The van der Waals surface area contributed by atoms with Crippen LogP contribution in [0.4, 0.5) is 5.69 Å². The summed E-state index contributed by atoms with van der Waals surface area (Å²) in [7, 11) is 0. The van der Waals surface area contributed by atoms with Crippen LogP contribution >= 0.6 is 0 Å². The number of piperidine rings is 1. The molecule has 2 amide bonds. The fourth-order valence-electron chi connectivity index (χ4n) is 3.69. The molecule has 1 unspecified atom stereocenters. The van der Waals surface area contributed by atoms with E-state index in [1.807, 2.05) is 50.2 Å². The first kappa shape index (κ1) is 19.1. The molecule has 0 saturated carbocycles. The van der Waals surface area contributed by atoms with E-state index in [1.165, 1.54) is 0 Å². The molecule has 1 atom stereocenters. The van der Waals surface area contributed by atoms with E-state index in [9.17, 15) is 9.59 Å². The lowest BCUT2D eigenvalue weighted by Gasteiger charge is -2.32. The van der Waals surface area contributed by atoms with Crippen molar-refractivity contribution in [1.82, 2.24) is 14.9 Å². The molecule has 0 radical (unpaired) electrons. The zero-order valence-electron chi connectivity index (χ0n) is 16.7. The van der Waals surface area contributed by atoms with E-state index >= 15 is 0 Å². The molecule has 1 saturated heterocycles. The van der Waals surface area contributed by atoms with Gasteiger partial charge in [-0.3, -0.25) is 9.59 Å². The summed E-state index contributed by atoms with van der Waals surface area (Å²) in [5.41, 5.74) is 4.61. The van der Waals surface area contributed by atoms with E-state index in [0.29, 0.717) is 24.2 Å². The van der Waals surface area contributed by atoms with Gasteiger partial charge in [0.05, 0.1) is 28.3 Å². The van der Waals surface area contributed by atoms with Crippen molar-refractivity contribution < 1.29 is 9.59 Å². The van der Waals surface area contributed by atoms with E-state index in [0.717, 1.165) is 35.4 Å². The predicted molar refractivity (Wildman–Crippen MR) is 113 cm³/mol. The monoisotopic (exact) mass is 388 g/mol. The highest BCUT2D eigenvalue weighted by Crippen LogP contribution is 2.22. The second-order valence-corrected chi connectivity index (χ2v) is 7.54. The number of nitrogens with one attached hydrogen (secondary N) is 1. The Labute approximate surface area is 170 Å². The van der Waals surface area contributed by atoms with Crippen molar-refractivity contribution in [2.75, 3.05) is 18.4 Å². The summed E-state index contributed by atoms with van der Waals surface area (Å²) in [5.74, 6) is -0.314. The molecule has 3 aromatic rings. The lowest BCUT2D eigenvalue weighted by molar-refractivity contribution is -0.121. The molecule has 1 fully saturated rings. The van der Waals surface area contributed by atoms with E-state index < -0.39 is 0 Å². The van der Waals surface area contributed by atoms with Crippen LogP contribution in [0.2, 0.25) is 0 Å². The molecule has 4 rings (SSSR count). The van der Waals surface area contributed by atoms with Crippen molar-refractivity contribution >= 4 is 28.5 Å². The number of carbonyl (C=O) groups is 2. The van der Waals surface area contributed by atoms with E-state index in [2.05, 4.69) is 15.3 Å². The Bertz CT molecular complexity index is 1070. The minimum Gasteiger partial charge on any atom is -0.338 e. The van der Waals surface area contributed by atoms with Crippen molar-refractivity contribution in [3.8, 4) is 0 Å². The second-order valence-electron chi connectivity index (χ2n) is 7.54. The van der Waals surface area contributed by atoms with E-state index in [1.54, 1.807) is 17.0 Å². The zero-order valence-corrected chi connectivity index (χ0v) is 16.7. The highest BCUT2D eigenvalue weighted by atomic mass is 16.2. The lowest BCUT2D eigenvalue weighted by atomic mass is 9.96. The molecule has 0 bridgehead atoms. The number of aromatic nitrogens is 2. The molecule has 2 aromatic carbocycles. The Morgan fingerprint density at radius 2 is 1.72 bits per heavy atom. The normalized spacial score (nSPS) is 16.6. The quantitative estimate of drug-likeness (QED) is 0.742. The largest absolute Gasteiger partial charge is 0.338 e. The third kappa shape index (κ3) is 4.11. The number of para-hydroxylation sites is 1. The van der Waals surface area contributed by atoms with Gasteiger partial charge in [0.25, 0.3) is 5.91 Å². The van der Waals surface area contributed by atoms with Gasteiger partial charge in [0.2, 0.25) is 5.91 Å². The summed E-state index contributed by atoms with van der Waals surface area (Å²) in [4.78, 5) is 36.6. The van der Waals surface area contributed by atoms with Gasteiger partial charge in [0, 0.05) is 24.3 Å². The van der Waals surface area contributed by atoms with Gasteiger partial charge in [-0.15, -0.1) is 0 Å². The van der Waals surface area contributed by atoms with Crippen LogP contribution in [0.3, 0.4) is 0 Å². The molecular weight excluding hydrogens is 364 g/mol. The third-order valence-electron chi connectivity index (χ3n) is 5.44. The highest BCUT2D eigenvalue weighted by Gasteiger charge is 2.29. The van der Waals surface area contributed by atoms with Gasteiger partial charge in [-0.1, -0.05) is 18.2 Å². The summed E-state index contributed by atoms with van der Waals surface area (Å²) in [6.07, 6.45) is 1.59. The van der Waals surface area contributed by atoms with Crippen LogP contribution < -0.4 is 5.32 Å². The standard InChI is InChI=1S/C23H24N4O2/c1-15-16(2)25-21-13-17(10-11-20(21)24-15)23(29)27-12-6-7-18(14-27)22(28)26-19-8-4-3-5-9-19/h3-5,8-11,13,18H,6-7,12,14H2,1-2H3,(H,26,28). The number of hydrogen-bond acceptors (Lipinski definition) is 4. The first-order chi connectivity index (χ1) is 14.0. The Morgan fingerprint density at radius 3 is 2.48 bits per heavy atom. The molecule has 0 aliphatic carbocycles. The van der Waals surface area contributed by atoms with Crippen LogP contribution in [0.25, 0.3) is 11.0 Å². The minimum absolute atomic E-state index is 0.0378. The van der Waals surface area contributed by atoms with Crippen molar-refractivity contribution in [3.63, 3.8) is 0 Å². The van der Waals surface area contributed by atoms with Crippen molar-refractivity contribution in [3.05, 3.63) is 65.5 Å². The molecule has 29 heavy (non-hydrogen) atoms. The van der Waals surface area contributed by atoms with Gasteiger partial charge in [-0.05, 0) is 57.0 Å². The van der Waals surface area contributed by atoms with Crippen molar-refractivity contribution in [1.29, 1.82) is 0 Å². The number of benzene rings is 2. The smallest absolute Gasteiger partial charge is 0.253 e. The molecule has 2 heterocycles. The van der Waals surface area contributed by atoms with Crippen LogP contribution in [-0.2, 0) is 4.79 Å².